The lowest BCUT2D eigenvalue weighted by Gasteiger charge is -2.36. The fourth-order valence-electron chi connectivity index (χ4n) is 1.32. The molecule has 0 atom stereocenters. The first-order chi connectivity index (χ1) is 4.17. The van der Waals surface area contributed by atoms with E-state index in [0.29, 0.717) is 0 Å². The van der Waals surface area contributed by atoms with Crippen molar-refractivity contribution in [2.24, 2.45) is 0 Å². The molecular formula is C8H16Si. The predicted octanol–water partition coefficient (Wildman–Crippen LogP) is 2.97. The molecule has 0 nitrogen and oxygen atoms in total. The van der Waals surface area contributed by atoms with Crippen LogP contribution in [0.4, 0.5) is 0 Å². The molecule has 0 radical (unpaired) electrons. The molecule has 0 aromatic heterocycles. The van der Waals surface area contributed by atoms with Crippen molar-refractivity contribution in [3.8, 4) is 0 Å². The van der Waals surface area contributed by atoms with Crippen molar-refractivity contribution < 1.29 is 0 Å². The molecule has 0 bridgehead atoms. The summed E-state index contributed by atoms with van der Waals surface area (Å²) in [6.45, 7) is 8.74. The normalized spacial score (nSPS) is 21.1. The van der Waals surface area contributed by atoms with Gasteiger partial charge in [-0.25, -0.2) is 0 Å². The third kappa shape index (κ3) is 1.26. The number of hydrogen-bond acceptors (Lipinski definition) is 0. The Hall–Kier alpha value is -0.0431. The Balaban J connectivity index is 2.46. The van der Waals surface area contributed by atoms with E-state index in [1.54, 1.807) is 0 Å². The van der Waals surface area contributed by atoms with E-state index in [1.807, 2.05) is 0 Å². The fourth-order valence-corrected chi connectivity index (χ4v) is 3.55. The van der Waals surface area contributed by atoms with Gasteiger partial charge in [-0.15, -0.1) is 12.3 Å². The van der Waals surface area contributed by atoms with Crippen molar-refractivity contribution in [3.05, 3.63) is 12.3 Å². The van der Waals surface area contributed by atoms with Crippen LogP contribution in [0, 0.1) is 0 Å². The largest absolute Gasteiger partial charge is 0.107 e. The molecule has 0 aliphatic heterocycles. The molecule has 1 aliphatic carbocycles. The van der Waals surface area contributed by atoms with Crippen LogP contribution < -0.4 is 0 Å². The molecular weight excluding hydrogens is 124 g/mol. The molecule has 0 aromatic rings. The third-order valence-corrected chi connectivity index (χ3v) is 6.42. The highest BCUT2D eigenvalue weighted by molar-refractivity contribution is 6.83. The van der Waals surface area contributed by atoms with Crippen LogP contribution in [0.3, 0.4) is 0 Å². The maximum atomic E-state index is 3.90. The Bertz CT molecular complexity index is 112. The van der Waals surface area contributed by atoms with Crippen molar-refractivity contribution in [1.29, 1.82) is 0 Å². The summed E-state index contributed by atoms with van der Waals surface area (Å²) in [6.07, 6.45) is 4.42. The lowest BCUT2D eigenvalue weighted by molar-refractivity contribution is 0.489. The quantitative estimate of drug-likeness (QED) is 0.517. The first-order valence-corrected chi connectivity index (χ1v) is 6.96. The van der Waals surface area contributed by atoms with Crippen LogP contribution in [-0.4, -0.2) is 8.07 Å². The molecule has 0 N–H and O–H groups in total. The van der Waals surface area contributed by atoms with Gasteiger partial charge in [0.25, 0.3) is 0 Å². The third-order valence-electron chi connectivity index (χ3n) is 2.68. The molecule has 1 saturated carbocycles. The summed E-state index contributed by atoms with van der Waals surface area (Å²) < 4.78 is 0. The fraction of sp³-hybridized carbons (Fsp3) is 0.750. The minimum absolute atomic E-state index is 0.930. The molecule has 1 aliphatic rings. The molecule has 0 spiro atoms. The minimum atomic E-state index is -0.930. The minimum Gasteiger partial charge on any atom is -0.107 e. The van der Waals surface area contributed by atoms with E-state index in [-0.39, 0.29) is 0 Å². The summed E-state index contributed by atoms with van der Waals surface area (Å²) in [4.78, 5) is 0. The van der Waals surface area contributed by atoms with Crippen molar-refractivity contribution in [2.75, 3.05) is 0 Å². The van der Waals surface area contributed by atoms with E-state index < -0.39 is 8.07 Å². The van der Waals surface area contributed by atoms with Crippen molar-refractivity contribution in [3.63, 3.8) is 0 Å². The molecule has 0 amide bonds. The Morgan fingerprint density at radius 2 is 2.00 bits per heavy atom. The highest BCUT2D eigenvalue weighted by Gasteiger charge is 2.32. The molecule has 52 valence electrons. The second-order valence-electron chi connectivity index (χ2n) is 3.65. The standard InChI is InChI=1S/C8H16Si/c1-4-9(2,3)8-6-5-7-8/h4,8H,1,5-7H2,2-3H3. The molecule has 1 rings (SSSR count). The summed E-state index contributed by atoms with van der Waals surface area (Å²) in [5, 5.41) is 0. The Morgan fingerprint density at radius 1 is 1.44 bits per heavy atom. The molecule has 0 unspecified atom stereocenters. The Labute approximate surface area is 59.0 Å². The van der Waals surface area contributed by atoms with E-state index in [1.165, 1.54) is 19.3 Å². The summed E-state index contributed by atoms with van der Waals surface area (Å²) >= 11 is 0. The van der Waals surface area contributed by atoms with E-state index in [9.17, 15) is 0 Å². The van der Waals surface area contributed by atoms with Gasteiger partial charge in [-0.05, 0) is 5.54 Å². The van der Waals surface area contributed by atoms with Crippen LogP contribution in [0.1, 0.15) is 19.3 Å². The van der Waals surface area contributed by atoms with Gasteiger partial charge in [0.15, 0.2) is 0 Å². The topological polar surface area (TPSA) is 0 Å². The van der Waals surface area contributed by atoms with Crippen LogP contribution in [0.25, 0.3) is 0 Å². The molecule has 1 heteroatoms. The van der Waals surface area contributed by atoms with Gasteiger partial charge in [-0.2, -0.15) is 0 Å². The zero-order valence-corrected chi connectivity index (χ0v) is 7.48. The summed E-state index contributed by atoms with van der Waals surface area (Å²) in [5.74, 6) is 0. The molecule has 0 heterocycles. The van der Waals surface area contributed by atoms with Crippen LogP contribution in [0.15, 0.2) is 12.3 Å². The lowest BCUT2D eigenvalue weighted by Crippen LogP contribution is -2.34. The summed E-state index contributed by atoms with van der Waals surface area (Å²) in [5.41, 5.74) is 3.30. The average Bonchev–Trinajstić information content (AvgIpc) is 1.60. The summed E-state index contributed by atoms with van der Waals surface area (Å²) in [6, 6.07) is 0. The van der Waals surface area contributed by atoms with Crippen LogP contribution in [0.2, 0.25) is 18.6 Å². The first-order valence-electron chi connectivity index (χ1n) is 3.80. The van der Waals surface area contributed by atoms with Crippen LogP contribution >= 0.6 is 0 Å². The van der Waals surface area contributed by atoms with Crippen LogP contribution in [0.5, 0.6) is 0 Å². The maximum absolute atomic E-state index is 3.90. The monoisotopic (exact) mass is 140 g/mol. The Kier molecular flexibility index (Phi) is 1.80. The first kappa shape index (κ1) is 7.07. The summed E-state index contributed by atoms with van der Waals surface area (Å²) in [7, 11) is -0.930. The van der Waals surface area contributed by atoms with Crippen molar-refractivity contribution in [2.45, 2.75) is 37.9 Å². The van der Waals surface area contributed by atoms with Gasteiger partial charge in [-0.3, -0.25) is 0 Å². The molecule has 9 heavy (non-hydrogen) atoms. The molecule has 0 saturated heterocycles. The lowest BCUT2D eigenvalue weighted by atomic mass is 10.00. The van der Waals surface area contributed by atoms with E-state index in [4.69, 9.17) is 0 Å². The molecule has 0 aromatic carbocycles. The highest BCUT2D eigenvalue weighted by atomic mass is 28.3. The van der Waals surface area contributed by atoms with Gasteiger partial charge in [0.1, 0.15) is 0 Å². The highest BCUT2D eigenvalue weighted by Crippen LogP contribution is 2.41. The van der Waals surface area contributed by atoms with Crippen molar-refractivity contribution in [1.82, 2.24) is 0 Å². The zero-order valence-electron chi connectivity index (χ0n) is 6.48. The van der Waals surface area contributed by atoms with E-state index in [0.717, 1.165) is 5.54 Å². The van der Waals surface area contributed by atoms with Gasteiger partial charge in [0.2, 0.25) is 0 Å². The van der Waals surface area contributed by atoms with Crippen molar-refractivity contribution >= 4 is 8.07 Å². The van der Waals surface area contributed by atoms with Crippen LogP contribution in [-0.2, 0) is 0 Å². The SMILES string of the molecule is C=C[Si](C)(C)C1CCC1. The number of rotatable bonds is 2. The van der Waals surface area contributed by atoms with Gasteiger partial charge in [0, 0.05) is 0 Å². The van der Waals surface area contributed by atoms with Gasteiger partial charge >= 0.3 is 0 Å². The number of hydrogen-bond donors (Lipinski definition) is 0. The second-order valence-corrected chi connectivity index (χ2v) is 8.52. The van der Waals surface area contributed by atoms with E-state index in [2.05, 4.69) is 25.4 Å². The second kappa shape index (κ2) is 2.29. The Morgan fingerprint density at radius 3 is 2.11 bits per heavy atom. The van der Waals surface area contributed by atoms with Gasteiger partial charge in [0.05, 0.1) is 8.07 Å². The van der Waals surface area contributed by atoms with E-state index >= 15 is 0 Å². The van der Waals surface area contributed by atoms with Gasteiger partial charge in [-0.1, -0.05) is 32.4 Å². The zero-order chi connectivity index (χ0) is 6.91. The van der Waals surface area contributed by atoms with Gasteiger partial charge < -0.3 is 0 Å². The predicted molar refractivity (Wildman–Crippen MR) is 45.3 cm³/mol. The maximum Gasteiger partial charge on any atom is 0.0740 e. The smallest absolute Gasteiger partial charge is 0.0740 e. The molecule has 1 fully saturated rings. The average molecular weight is 140 g/mol.